The third kappa shape index (κ3) is 12.6. The summed E-state index contributed by atoms with van der Waals surface area (Å²) in [6, 6.07) is 21.4. The number of hydrogen-bond acceptors (Lipinski definition) is 16. The van der Waals surface area contributed by atoms with E-state index in [4.69, 9.17) is 46.4 Å². The number of benzene rings is 4. The third-order valence-corrected chi connectivity index (χ3v) is 17.3. The second-order valence-electron chi connectivity index (χ2n) is 20.0. The van der Waals surface area contributed by atoms with Crippen LogP contribution < -0.4 is 16.0 Å². The summed E-state index contributed by atoms with van der Waals surface area (Å²) in [5, 5.41) is 54.0. The van der Waals surface area contributed by atoms with E-state index < -0.39 is 11.6 Å². The van der Waals surface area contributed by atoms with Crippen molar-refractivity contribution in [3.8, 4) is 12.1 Å². The highest BCUT2D eigenvalue weighted by Gasteiger charge is 2.28. The minimum atomic E-state index is -0.525. The highest BCUT2D eigenvalue weighted by Crippen LogP contribution is 2.39. The number of thiazole rings is 2. The van der Waals surface area contributed by atoms with Gasteiger partial charge in [-0.15, -0.1) is 32.9 Å². The van der Waals surface area contributed by atoms with Crippen LogP contribution in [-0.2, 0) is 12.8 Å². The molecule has 416 valence electrons. The van der Waals surface area contributed by atoms with Crippen molar-refractivity contribution in [2.45, 2.75) is 69.4 Å². The molecule has 0 unspecified atom stereocenters. The van der Waals surface area contributed by atoms with Gasteiger partial charge in [0.25, 0.3) is 0 Å². The summed E-state index contributed by atoms with van der Waals surface area (Å²) >= 11 is 28.6. The second kappa shape index (κ2) is 25.5. The molecule has 82 heavy (non-hydrogen) atoms. The first-order valence-corrected chi connectivity index (χ1v) is 29.8. The van der Waals surface area contributed by atoms with Crippen LogP contribution in [0.1, 0.15) is 102 Å². The smallest absolute Gasteiger partial charge is 0.141 e. The summed E-state index contributed by atoms with van der Waals surface area (Å²) in [4.78, 5) is 20.6. The second-order valence-corrected chi connectivity index (χ2v) is 23.1. The van der Waals surface area contributed by atoms with Crippen LogP contribution in [0.15, 0.2) is 107 Å². The highest BCUT2D eigenvalue weighted by molar-refractivity contribution is 7.07. The fourth-order valence-corrected chi connectivity index (χ4v) is 12.7. The lowest BCUT2D eigenvalue weighted by Gasteiger charge is -2.30. The topological polar surface area (TPSA) is 200 Å². The molecule has 0 saturated carbocycles. The van der Waals surface area contributed by atoms with Gasteiger partial charge >= 0.3 is 0 Å². The molecule has 8 heterocycles. The zero-order chi connectivity index (χ0) is 56.9. The number of nitrogens with zero attached hydrogens (tertiary/aromatic N) is 13. The number of rotatable bonds is 15. The minimum absolute atomic E-state index is 0.0225. The predicted octanol–water partition coefficient (Wildman–Crippen LogP) is 14.0. The Labute approximate surface area is 498 Å². The average molecular weight is 1220 g/mol. The van der Waals surface area contributed by atoms with Crippen molar-refractivity contribution in [2.24, 2.45) is 0 Å². The average Bonchev–Trinajstić information content (AvgIpc) is 4.43. The Morgan fingerprint density at radius 2 is 1.09 bits per heavy atom. The lowest BCUT2D eigenvalue weighted by Crippen LogP contribution is -2.34. The number of fused-ring (bicyclic) bond motifs is 2. The van der Waals surface area contributed by atoms with Gasteiger partial charge in [0.2, 0.25) is 0 Å². The maximum atomic E-state index is 13.8. The number of nitriles is 2. The summed E-state index contributed by atoms with van der Waals surface area (Å²) in [6.45, 7) is 7.30. The molecule has 3 N–H and O–H groups in total. The Hall–Kier alpha value is -7.24. The summed E-state index contributed by atoms with van der Waals surface area (Å²) < 4.78 is 31.6. The molecule has 0 spiro atoms. The van der Waals surface area contributed by atoms with Crippen LogP contribution in [0.4, 0.5) is 31.5 Å². The van der Waals surface area contributed by atoms with Gasteiger partial charge in [0.15, 0.2) is 0 Å². The Morgan fingerprint density at radius 1 is 0.622 bits per heavy atom. The van der Waals surface area contributed by atoms with Crippen LogP contribution >= 0.6 is 69.1 Å². The molecule has 0 bridgehead atoms. The maximum absolute atomic E-state index is 13.8. The van der Waals surface area contributed by atoms with Crippen LogP contribution in [0.2, 0.25) is 20.1 Å². The van der Waals surface area contributed by atoms with E-state index in [-0.39, 0.29) is 21.9 Å². The summed E-state index contributed by atoms with van der Waals surface area (Å²) in [6.07, 6.45) is 12.3. The SMILES string of the molecule is CCN1CCC(n2cc([C@@H](Cc3cc(Cl)c4ncc(C#N)c(Nc5ccc(F)c(Cl)c5)c4c3)c3cscn3)nn2)CC1.N#Cc1cnc2c(Cl)cc(C[C@@H](c3cscn3)c3cn(C4CCNCC4)nn3)cc2c1Nc1ccc(F)c(Cl)c1. The van der Waals surface area contributed by atoms with E-state index in [9.17, 15) is 19.3 Å². The zero-order valence-electron chi connectivity index (χ0n) is 43.9. The lowest BCUT2D eigenvalue weighted by molar-refractivity contribution is 0.186. The van der Waals surface area contributed by atoms with Gasteiger partial charge in [-0.2, -0.15) is 10.5 Å². The molecule has 16 nitrogen and oxygen atoms in total. The third-order valence-electron chi connectivity index (χ3n) is 14.9. The van der Waals surface area contributed by atoms with E-state index in [0.717, 1.165) is 92.3 Å². The first-order chi connectivity index (χ1) is 39.9. The normalized spacial score (nSPS) is 14.9. The van der Waals surface area contributed by atoms with Crippen molar-refractivity contribution in [1.29, 1.82) is 10.5 Å². The van der Waals surface area contributed by atoms with Gasteiger partial charge in [-0.1, -0.05) is 63.8 Å². The number of nitrogens with one attached hydrogen (secondary N) is 3. The molecule has 2 fully saturated rings. The summed E-state index contributed by atoms with van der Waals surface area (Å²) in [5.41, 5.74) is 12.8. The van der Waals surface area contributed by atoms with Crippen molar-refractivity contribution in [2.75, 3.05) is 43.4 Å². The predicted molar refractivity (Wildman–Crippen MR) is 319 cm³/mol. The van der Waals surface area contributed by atoms with Crippen LogP contribution in [0.25, 0.3) is 21.8 Å². The molecular formula is C58H50Cl4F2N16S2. The number of pyridine rings is 2. The number of likely N-dealkylation sites (tertiary alicyclic amines) is 1. The molecule has 24 heteroatoms. The number of anilines is 4. The van der Waals surface area contributed by atoms with E-state index in [1.165, 1.54) is 59.3 Å². The van der Waals surface area contributed by atoms with Gasteiger partial charge in [-0.05, 0) is 130 Å². The molecule has 6 aromatic heterocycles. The number of piperidine rings is 2. The standard InChI is InChI=1S/C30H27Cl2FN8S.C28H23Cl2FN8S/c1-2-40-7-5-21(6-8-40)41-15-27(38-39-41)22(28-16-42-17-36-28)9-18-10-23-29(37-20-3-4-26(33)24(31)12-20)19(13-34)14-35-30(23)25(32)11-18;29-22-10-18(1-2-24(22)31)36-27-17(11-32)12-34-28-21(27)8-16(9-23(28)30)7-20(26-14-40-15-35-26)25-13-39(38-37-25)19-3-5-33-6-4-19/h3-4,10-12,14-17,21-22H,2,5-9H2,1H3,(H,35,37);1-2,8-10,12-15,19-20,33H,3-7H2,(H,34,36)/t22-;20-/m11/s1. The van der Waals surface area contributed by atoms with Gasteiger partial charge in [0.1, 0.15) is 23.8 Å². The van der Waals surface area contributed by atoms with Crippen LogP contribution in [0.3, 0.4) is 0 Å². The molecule has 0 aliphatic carbocycles. The fraction of sp³-hybridized carbons (Fsp3) is 0.276. The van der Waals surface area contributed by atoms with Gasteiger partial charge in [-0.3, -0.25) is 9.97 Å². The van der Waals surface area contributed by atoms with Crippen LogP contribution in [0, 0.1) is 34.3 Å². The quantitative estimate of drug-likeness (QED) is 0.0875. The number of aromatic nitrogens is 10. The Morgan fingerprint density at radius 3 is 1.50 bits per heavy atom. The highest BCUT2D eigenvalue weighted by atomic mass is 35.5. The fourth-order valence-electron chi connectivity index (χ4n) is 10.6. The molecule has 2 atom stereocenters. The monoisotopic (exact) mass is 1210 g/mol. The molecule has 2 aliphatic heterocycles. The first-order valence-electron chi connectivity index (χ1n) is 26.4. The summed E-state index contributed by atoms with van der Waals surface area (Å²) in [5.74, 6) is -1.34. The molecule has 0 radical (unpaired) electrons. The molecule has 2 saturated heterocycles. The van der Waals surface area contributed by atoms with Gasteiger partial charge in [-0.25, -0.2) is 28.1 Å². The number of halogens is 6. The van der Waals surface area contributed by atoms with Gasteiger partial charge in [0.05, 0.1) is 111 Å². The number of hydrogen-bond donors (Lipinski definition) is 3. The molecule has 0 amide bonds. The van der Waals surface area contributed by atoms with Gasteiger partial charge in [0, 0.05) is 70.8 Å². The Kier molecular flexibility index (Phi) is 17.6. The van der Waals surface area contributed by atoms with Crippen molar-refractivity contribution < 1.29 is 8.78 Å². The first kappa shape index (κ1) is 56.6. The zero-order valence-corrected chi connectivity index (χ0v) is 48.5. The molecule has 2 aliphatic rings. The molecular weight excluding hydrogens is 1160 g/mol. The Bertz CT molecular complexity index is 3980. The van der Waals surface area contributed by atoms with Crippen molar-refractivity contribution in [3.05, 3.63) is 184 Å². The minimum Gasteiger partial charge on any atom is -0.354 e. The summed E-state index contributed by atoms with van der Waals surface area (Å²) in [7, 11) is 0. The molecule has 4 aromatic carbocycles. The van der Waals surface area contributed by atoms with E-state index in [0.29, 0.717) is 90.7 Å². The van der Waals surface area contributed by atoms with Gasteiger partial charge < -0.3 is 20.9 Å². The van der Waals surface area contributed by atoms with E-state index >= 15 is 0 Å². The van der Waals surface area contributed by atoms with E-state index in [2.05, 4.69) is 86.7 Å². The lowest BCUT2D eigenvalue weighted by atomic mass is 9.93. The van der Waals surface area contributed by atoms with Crippen LogP contribution in [0.5, 0.6) is 0 Å². The van der Waals surface area contributed by atoms with Crippen molar-refractivity contribution >= 4 is 114 Å². The Balaban J connectivity index is 0.000000172. The maximum Gasteiger partial charge on any atom is 0.141 e. The molecule has 10 aromatic rings. The largest absolute Gasteiger partial charge is 0.354 e. The van der Waals surface area contributed by atoms with E-state index in [1.807, 2.05) is 61.6 Å². The van der Waals surface area contributed by atoms with E-state index in [1.54, 1.807) is 12.1 Å². The van der Waals surface area contributed by atoms with Crippen LogP contribution in [-0.4, -0.2) is 87.5 Å². The van der Waals surface area contributed by atoms with Crippen molar-refractivity contribution in [3.63, 3.8) is 0 Å². The van der Waals surface area contributed by atoms with Crippen molar-refractivity contribution in [1.82, 2.24) is 60.1 Å². The molecule has 12 rings (SSSR count).